The molecule has 3 aromatic rings. The molecule has 1 fully saturated rings. The second kappa shape index (κ2) is 7.78. The molecule has 6 N–H and O–H groups in total. The molecule has 160 valence electrons. The average Bonchev–Trinajstić information content (AvgIpc) is 2.73. The Morgan fingerprint density at radius 3 is 2.40 bits per heavy atom. The fraction of sp³-hybridized carbons (Fsp3) is 0.333. The summed E-state index contributed by atoms with van der Waals surface area (Å²) in [6, 6.07) is 9.32. The smallest absolute Gasteiger partial charge is 0.229 e. The molecule has 0 saturated carbocycles. The number of ether oxygens (including phenoxy) is 3. The van der Waals surface area contributed by atoms with Crippen LogP contribution >= 0.6 is 0 Å². The Bertz CT molecular complexity index is 1080. The largest absolute Gasteiger partial charge is 0.507 e. The summed E-state index contributed by atoms with van der Waals surface area (Å²) in [5.41, 5.74) is 0. The number of benzene rings is 3. The summed E-state index contributed by atoms with van der Waals surface area (Å²) >= 11 is 0. The summed E-state index contributed by atoms with van der Waals surface area (Å²) < 4.78 is 16.5. The minimum Gasteiger partial charge on any atom is -0.507 e. The number of hydrogen-bond donors (Lipinski definition) is 6. The standard InChI is InChI=1S/C21H22O9/c1-28-14-7-10(29-21-20(27)19(26)18(25)15(8-22)30-21)5-9-6-13(24)11-3-2-4-12(23)17(11)16(9)14/h2-7,15,18-27H,8H2,1H3/t15-,18-,19+,20-,21-/m1/s1. The monoisotopic (exact) mass is 418 g/mol. The first-order valence-corrected chi connectivity index (χ1v) is 9.28. The van der Waals surface area contributed by atoms with Gasteiger partial charge in [0.25, 0.3) is 0 Å². The zero-order valence-corrected chi connectivity index (χ0v) is 16.0. The molecule has 1 aliphatic heterocycles. The molecule has 0 aliphatic carbocycles. The van der Waals surface area contributed by atoms with E-state index in [-0.39, 0.29) is 17.2 Å². The molecule has 0 spiro atoms. The van der Waals surface area contributed by atoms with Crippen LogP contribution in [0.15, 0.2) is 36.4 Å². The molecule has 9 heteroatoms. The van der Waals surface area contributed by atoms with Crippen LogP contribution < -0.4 is 9.47 Å². The Hall–Kier alpha value is -2.82. The van der Waals surface area contributed by atoms with Gasteiger partial charge in [-0.15, -0.1) is 0 Å². The highest BCUT2D eigenvalue weighted by Gasteiger charge is 2.44. The maximum Gasteiger partial charge on any atom is 0.229 e. The van der Waals surface area contributed by atoms with E-state index in [0.29, 0.717) is 27.3 Å². The molecule has 0 radical (unpaired) electrons. The molecular formula is C21H22O9. The van der Waals surface area contributed by atoms with Crippen molar-refractivity contribution in [2.24, 2.45) is 0 Å². The summed E-state index contributed by atoms with van der Waals surface area (Å²) in [4.78, 5) is 0. The van der Waals surface area contributed by atoms with Crippen molar-refractivity contribution in [2.75, 3.05) is 13.7 Å². The quantitative estimate of drug-likeness (QED) is 0.335. The minimum absolute atomic E-state index is 0.0331. The summed E-state index contributed by atoms with van der Waals surface area (Å²) in [7, 11) is 1.44. The van der Waals surface area contributed by atoms with Crippen LogP contribution in [0.1, 0.15) is 0 Å². The van der Waals surface area contributed by atoms with Gasteiger partial charge in [-0.1, -0.05) is 12.1 Å². The van der Waals surface area contributed by atoms with Crippen molar-refractivity contribution in [2.45, 2.75) is 30.7 Å². The highest BCUT2D eigenvalue weighted by atomic mass is 16.7. The van der Waals surface area contributed by atoms with Crippen LogP contribution in [-0.4, -0.2) is 75.1 Å². The number of phenols is 2. The Labute approximate surface area is 170 Å². The molecule has 4 rings (SSSR count). The number of methoxy groups -OCH3 is 1. The van der Waals surface area contributed by atoms with Crippen LogP contribution in [0.2, 0.25) is 0 Å². The first kappa shape index (κ1) is 20.5. The van der Waals surface area contributed by atoms with E-state index in [9.17, 15) is 30.6 Å². The van der Waals surface area contributed by atoms with Gasteiger partial charge < -0.3 is 44.8 Å². The van der Waals surface area contributed by atoms with Crippen molar-refractivity contribution in [3.63, 3.8) is 0 Å². The minimum atomic E-state index is -1.58. The van der Waals surface area contributed by atoms with E-state index in [2.05, 4.69) is 0 Å². The predicted octanol–water partition coefficient (Wildman–Crippen LogP) is 0.591. The van der Waals surface area contributed by atoms with Crippen LogP contribution in [0.3, 0.4) is 0 Å². The number of aromatic hydroxyl groups is 2. The van der Waals surface area contributed by atoms with Crippen LogP contribution in [0, 0.1) is 0 Å². The zero-order valence-electron chi connectivity index (χ0n) is 16.0. The van der Waals surface area contributed by atoms with Gasteiger partial charge in [0.05, 0.1) is 13.7 Å². The molecule has 5 atom stereocenters. The summed E-state index contributed by atoms with van der Waals surface area (Å²) in [6.07, 6.45) is -7.13. The molecule has 0 unspecified atom stereocenters. The molecule has 0 aromatic heterocycles. The lowest BCUT2D eigenvalue weighted by molar-refractivity contribution is -0.277. The van der Waals surface area contributed by atoms with Crippen molar-refractivity contribution in [1.82, 2.24) is 0 Å². The number of phenolic OH excluding ortho intramolecular Hbond substituents is 2. The molecule has 0 bridgehead atoms. The molecule has 3 aromatic carbocycles. The molecule has 30 heavy (non-hydrogen) atoms. The molecule has 1 aliphatic rings. The van der Waals surface area contributed by atoms with Gasteiger partial charge in [-0.05, 0) is 23.6 Å². The van der Waals surface area contributed by atoms with Crippen LogP contribution in [0.4, 0.5) is 0 Å². The van der Waals surface area contributed by atoms with Gasteiger partial charge in [0.2, 0.25) is 6.29 Å². The van der Waals surface area contributed by atoms with Gasteiger partial charge >= 0.3 is 0 Å². The predicted molar refractivity (Wildman–Crippen MR) is 106 cm³/mol. The van der Waals surface area contributed by atoms with Crippen LogP contribution in [-0.2, 0) is 4.74 Å². The van der Waals surface area contributed by atoms with Crippen molar-refractivity contribution in [3.8, 4) is 23.0 Å². The maximum atomic E-state index is 10.4. The van der Waals surface area contributed by atoms with E-state index < -0.39 is 37.3 Å². The van der Waals surface area contributed by atoms with Crippen molar-refractivity contribution < 1.29 is 44.8 Å². The first-order valence-electron chi connectivity index (χ1n) is 9.28. The third kappa shape index (κ3) is 3.26. The lowest BCUT2D eigenvalue weighted by Gasteiger charge is -2.39. The highest BCUT2D eigenvalue weighted by molar-refractivity contribution is 6.15. The van der Waals surface area contributed by atoms with E-state index in [1.165, 1.54) is 25.3 Å². The molecule has 1 saturated heterocycles. The molecule has 1 heterocycles. The second-order valence-electron chi connectivity index (χ2n) is 7.13. The lowest BCUT2D eigenvalue weighted by atomic mass is 9.98. The SMILES string of the molecule is COc1cc(O[C@@H]2O[C@H](CO)[C@@H](O)[C@H](O)[C@H]2O)cc2cc(O)c3cccc(O)c3c12. The number of rotatable bonds is 4. The summed E-state index contributed by atoms with van der Waals surface area (Å²) in [5, 5.41) is 62.0. The first-order chi connectivity index (χ1) is 14.3. The van der Waals surface area contributed by atoms with E-state index in [1.807, 2.05) is 0 Å². The average molecular weight is 418 g/mol. The maximum absolute atomic E-state index is 10.4. The fourth-order valence-electron chi connectivity index (χ4n) is 3.76. The van der Waals surface area contributed by atoms with E-state index in [1.54, 1.807) is 18.2 Å². The van der Waals surface area contributed by atoms with Gasteiger partial charge in [-0.25, -0.2) is 0 Å². The Balaban J connectivity index is 1.80. The van der Waals surface area contributed by atoms with Crippen LogP contribution in [0.25, 0.3) is 21.5 Å². The van der Waals surface area contributed by atoms with E-state index >= 15 is 0 Å². The van der Waals surface area contributed by atoms with Crippen molar-refractivity contribution >= 4 is 21.5 Å². The second-order valence-corrected chi connectivity index (χ2v) is 7.13. The number of fused-ring (bicyclic) bond motifs is 3. The summed E-state index contributed by atoms with van der Waals surface area (Å²) in [6.45, 7) is -0.578. The van der Waals surface area contributed by atoms with Gasteiger partial charge in [0.15, 0.2) is 0 Å². The van der Waals surface area contributed by atoms with Gasteiger partial charge in [0.1, 0.15) is 47.4 Å². The summed E-state index contributed by atoms with van der Waals surface area (Å²) in [5.74, 6) is 0.422. The fourth-order valence-corrected chi connectivity index (χ4v) is 3.76. The van der Waals surface area contributed by atoms with Crippen molar-refractivity contribution in [3.05, 3.63) is 36.4 Å². The molecule has 0 amide bonds. The highest BCUT2D eigenvalue weighted by Crippen LogP contribution is 2.43. The van der Waals surface area contributed by atoms with E-state index in [0.717, 1.165) is 0 Å². The Morgan fingerprint density at radius 1 is 0.933 bits per heavy atom. The topological polar surface area (TPSA) is 149 Å². The zero-order chi connectivity index (χ0) is 21.6. The van der Waals surface area contributed by atoms with Gasteiger partial charge in [-0.3, -0.25) is 0 Å². The molecule has 9 nitrogen and oxygen atoms in total. The number of aliphatic hydroxyl groups is 4. The van der Waals surface area contributed by atoms with Crippen molar-refractivity contribution in [1.29, 1.82) is 0 Å². The third-order valence-corrected chi connectivity index (χ3v) is 5.29. The number of hydrogen-bond acceptors (Lipinski definition) is 9. The lowest BCUT2D eigenvalue weighted by Crippen LogP contribution is -2.60. The Morgan fingerprint density at radius 2 is 1.70 bits per heavy atom. The normalized spacial score (nSPS) is 26.8. The van der Waals surface area contributed by atoms with E-state index in [4.69, 9.17) is 14.2 Å². The van der Waals surface area contributed by atoms with Gasteiger partial charge in [-0.2, -0.15) is 0 Å². The van der Waals surface area contributed by atoms with Crippen LogP contribution in [0.5, 0.6) is 23.0 Å². The Kier molecular flexibility index (Phi) is 5.31. The number of aliphatic hydroxyl groups excluding tert-OH is 4. The molecular weight excluding hydrogens is 396 g/mol. The third-order valence-electron chi connectivity index (χ3n) is 5.29. The van der Waals surface area contributed by atoms with Gasteiger partial charge in [0, 0.05) is 22.2 Å².